The van der Waals surface area contributed by atoms with Crippen molar-refractivity contribution in [3.8, 4) is 0 Å². The summed E-state index contributed by atoms with van der Waals surface area (Å²) in [4.78, 5) is 24.0. The van der Waals surface area contributed by atoms with Crippen LogP contribution in [-0.2, 0) is 12.8 Å². The van der Waals surface area contributed by atoms with Crippen LogP contribution in [0.3, 0.4) is 0 Å². The molecular weight excluding hydrogens is 356 g/mol. The smallest absolute Gasteiger partial charge is 0.332 e. The molecule has 148 valence electrons. The van der Waals surface area contributed by atoms with E-state index in [1.165, 1.54) is 0 Å². The van der Waals surface area contributed by atoms with Gasteiger partial charge in [0.2, 0.25) is 0 Å². The number of hydrogen-bond donors (Lipinski definition) is 3. The highest BCUT2D eigenvalue weighted by Crippen LogP contribution is 2.39. The van der Waals surface area contributed by atoms with Gasteiger partial charge in [-0.15, -0.1) is 0 Å². The van der Waals surface area contributed by atoms with Crippen molar-refractivity contribution in [2.75, 3.05) is 5.32 Å². The van der Waals surface area contributed by atoms with E-state index >= 15 is 0 Å². The number of urea groups is 1. The molecule has 2 aromatic rings. The van der Waals surface area contributed by atoms with Crippen LogP contribution in [0.1, 0.15) is 60.2 Å². The third kappa shape index (κ3) is 3.93. The van der Waals surface area contributed by atoms with E-state index in [1.54, 1.807) is 0 Å². The van der Waals surface area contributed by atoms with Crippen LogP contribution in [0.5, 0.6) is 0 Å². The summed E-state index contributed by atoms with van der Waals surface area (Å²) in [6, 6.07) is 6.97. The number of nitrogens with zero attached hydrogens (tertiary/aromatic N) is 1. The third-order valence-electron chi connectivity index (χ3n) is 4.95. The second kappa shape index (κ2) is 7.50. The first-order valence-electron chi connectivity index (χ1n) is 9.35. The summed E-state index contributed by atoms with van der Waals surface area (Å²) in [5, 5.41) is 7.12. The van der Waals surface area contributed by atoms with Crippen molar-refractivity contribution in [2.45, 2.75) is 47.0 Å². The molecule has 0 saturated heterocycles. The molecule has 1 aromatic carbocycles. The van der Waals surface area contributed by atoms with Gasteiger partial charge >= 0.3 is 6.03 Å². The Morgan fingerprint density at radius 1 is 1.25 bits per heavy atom. The van der Waals surface area contributed by atoms with Gasteiger partial charge in [0.1, 0.15) is 5.76 Å². The van der Waals surface area contributed by atoms with Gasteiger partial charge in [-0.1, -0.05) is 39.0 Å². The van der Waals surface area contributed by atoms with E-state index in [0.29, 0.717) is 29.9 Å². The molecule has 0 fully saturated rings. The Balaban J connectivity index is 1.98. The predicted molar refractivity (Wildman–Crippen MR) is 109 cm³/mol. The molecule has 3 amide bonds. The standard InChI is InChI=1S/C21H26N4O3/c1-5-13-8-6-7-9-14(13)23-19(26)18-12(2)17-15(24-25-20(22)27)10-21(3,4)11-16(17)28-18/h6-9H,5,10-11H2,1-4H3,(H,23,26)(H3,22,25,27)/b24-15-. The molecule has 0 spiro atoms. The number of primary amides is 1. The Kier molecular flexibility index (Phi) is 5.27. The van der Waals surface area contributed by atoms with Gasteiger partial charge in [0, 0.05) is 23.2 Å². The zero-order valence-electron chi connectivity index (χ0n) is 16.7. The number of carbonyl (C=O) groups excluding carboxylic acids is 2. The second-order valence-corrected chi connectivity index (χ2v) is 7.87. The zero-order chi connectivity index (χ0) is 20.5. The third-order valence-corrected chi connectivity index (χ3v) is 4.95. The molecule has 1 heterocycles. The molecule has 1 aliphatic rings. The molecule has 3 rings (SSSR count). The van der Waals surface area contributed by atoms with E-state index in [1.807, 2.05) is 38.1 Å². The normalized spacial score (nSPS) is 16.5. The molecule has 0 bridgehead atoms. The largest absolute Gasteiger partial charge is 0.455 e. The highest BCUT2D eigenvalue weighted by molar-refractivity contribution is 6.09. The lowest BCUT2D eigenvalue weighted by molar-refractivity contribution is 0.0992. The van der Waals surface area contributed by atoms with Gasteiger partial charge in [0.25, 0.3) is 5.91 Å². The molecule has 0 atom stereocenters. The monoisotopic (exact) mass is 382 g/mol. The molecule has 0 aliphatic heterocycles. The molecule has 1 aliphatic carbocycles. The van der Waals surface area contributed by atoms with Crippen molar-refractivity contribution in [2.24, 2.45) is 16.3 Å². The minimum absolute atomic E-state index is 0.113. The fraction of sp³-hybridized carbons (Fsp3) is 0.381. The predicted octanol–water partition coefficient (Wildman–Crippen LogP) is 3.75. The summed E-state index contributed by atoms with van der Waals surface area (Å²) in [5.74, 6) is 0.667. The molecule has 0 saturated carbocycles. The van der Waals surface area contributed by atoms with Crippen LogP contribution in [0.15, 0.2) is 33.8 Å². The average Bonchev–Trinajstić information content (AvgIpc) is 2.95. The highest BCUT2D eigenvalue weighted by atomic mass is 16.4. The van der Waals surface area contributed by atoms with Crippen LogP contribution in [0.2, 0.25) is 0 Å². The van der Waals surface area contributed by atoms with Crippen molar-refractivity contribution in [1.29, 1.82) is 0 Å². The van der Waals surface area contributed by atoms with Crippen molar-refractivity contribution in [3.63, 3.8) is 0 Å². The summed E-state index contributed by atoms with van der Waals surface area (Å²) >= 11 is 0. The van der Waals surface area contributed by atoms with Crippen molar-refractivity contribution in [1.82, 2.24) is 5.43 Å². The van der Waals surface area contributed by atoms with Crippen LogP contribution < -0.4 is 16.5 Å². The van der Waals surface area contributed by atoms with Crippen LogP contribution in [0.4, 0.5) is 10.5 Å². The highest BCUT2D eigenvalue weighted by Gasteiger charge is 2.36. The quantitative estimate of drug-likeness (QED) is 0.701. The lowest BCUT2D eigenvalue weighted by atomic mass is 9.75. The minimum Gasteiger partial charge on any atom is -0.455 e. The molecule has 4 N–H and O–H groups in total. The maximum absolute atomic E-state index is 12.9. The number of hydrazone groups is 1. The lowest BCUT2D eigenvalue weighted by Crippen LogP contribution is -2.31. The van der Waals surface area contributed by atoms with Gasteiger partial charge in [-0.25, -0.2) is 10.2 Å². The number of anilines is 1. The summed E-state index contributed by atoms with van der Waals surface area (Å²) in [7, 11) is 0. The number of benzene rings is 1. The number of furan rings is 1. The summed E-state index contributed by atoms with van der Waals surface area (Å²) in [6.45, 7) is 8.05. The minimum atomic E-state index is -0.729. The van der Waals surface area contributed by atoms with Crippen LogP contribution in [0, 0.1) is 12.3 Å². The SMILES string of the molecule is CCc1ccccc1NC(=O)c1oc2c(c1C)/C(=N\NC(N)=O)CC(C)(C)C2. The summed E-state index contributed by atoms with van der Waals surface area (Å²) in [6.07, 6.45) is 2.13. The van der Waals surface area contributed by atoms with Crippen LogP contribution in [-0.4, -0.2) is 17.6 Å². The first-order valence-corrected chi connectivity index (χ1v) is 9.35. The van der Waals surface area contributed by atoms with Gasteiger partial charge in [0.05, 0.1) is 5.71 Å². The molecule has 7 heteroatoms. The van der Waals surface area contributed by atoms with E-state index in [2.05, 4.69) is 29.7 Å². The molecule has 0 radical (unpaired) electrons. The molecule has 0 unspecified atom stereocenters. The van der Waals surface area contributed by atoms with Gasteiger partial charge in [0.15, 0.2) is 5.76 Å². The number of para-hydroxylation sites is 1. The molecule has 28 heavy (non-hydrogen) atoms. The number of nitrogens with two attached hydrogens (primary N) is 1. The number of rotatable bonds is 4. The number of carbonyl (C=O) groups is 2. The van der Waals surface area contributed by atoms with Crippen molar-refractivity contribution in [3.05, 3.63) is 52.5 Å². The Hall–Kier alpha value is -3.09. The van der Waals surface area contributed by atoms with Crippen LogP contribution >= 0.6 is 0 Å². The van der Waals surface area contributed by atoms with Gasteiger partial charge < -0.3 is 15.5 Å². The summed E-state index contributed by atoms with van der Waals surface area (Å²) < 4.78 is 5.98. The topological polar surface area (TPSA) is 110 Å². The van der Waals surface area contributed by atoms with E-state index in [0.717, 1.165) is 23.2 Å². The fourth-order valence-electron chi connectivity index (χ4n) is 3.68. The van der Waals surface area contributed by atoms with Gasteiger partial charge in [-0.2, -0.15) is 5.10 Å². The maximum atomic E-state index is 12.9. The average molecular weight is 382 g/mol. The Bertz CT molecular complexity index is 957. The second-order valence-electron chi connectivity index (χ2n) is 7.87. The Morgan fingerprint density at radius 3 is 2.64 bits per heavy atom. The zero-order valence-corrected chi connectivity index (χ0v) is 16.7. The number of nitrogens with one attached hydrogen (secondary N) is 2. The first-order chi connectivity index (χ1) is 13.2. The van der Waals surface area contributed by atoms with E-state index in [9.17, 15) is 9.59 Å². The summed E-state index contributed by atoms with van der Waals surface area (Å²) in [5.41, 5.74) is 11.3. The van der Waals surface area contributed by atoms with Crippen molar-refractivity contribution < 1.29 is 14.0 Å². The van der Waals surface area contributed by atoms with Crippen molar-refractivity contribution >= 4 is 23.3 Å². The van der Waals surface area contributed by atoms with E-state index in [-0.39, 0.29) is 17.1 Å². The Morgan fingerprint density at radius 2 is 1.96 bits per heavy atom. The van der Waals surface area contributed by atoms with Crippen LogP contribution in [0.25, 0.3) is 0 Å². The molecular formula is C21H26N4O3. The first kappa shape index (κ1) is 19.7. The van der Waals surface area contributed by atoms with E-state index in [4.69, 9.17) is 10.2 Å². The number of hydrogen-bond acceptors (Lipinski definition) is 4. The number of amides is 3. The lowest BCUT2D eigenvalue weighted by Gasteiger charge is -2.29. The Labute approximate surface area is 164 Å². The maximum Gasteiger partial charge on any atom is 0.332 e. The van der Waals surface area contributed by atoms with E-state index < -0.39 is 6.03 Å². The fourth-order valence-corrected chi connectivity index (χ4v) is 3.68. The van der Waals surface area contributed by atoms with Gasteiger partial charge in [-0.05, 0) is 36.8 Å². The van der Waals surface area contributed by atoms with Gasteiger partial charge in [-0.3, -0.25) is 4.79 Å². The number of fused-ring (bicyclic) bond motifs is 1. The number of aryl methyl sites for hydroxylation is 1. The molecule has 1 aromatic heterocycles. The molecule has 7 nitrogen and oxygen atoms in total.